The number of aromatic nitrogens is 3. The largest absolute Gasteiger partial charge is 0.461 e. The smallest absolute Gasteiger partial charge is 0.433 e. The van der Waals surface area contributed by atoms with Crippen LogP contribution in [0.4, 0.5) is 5.88 Å². The van der Waals surface area contributed by atoms with E-state index in [1.807, 2.05) is 0 Å². The minimum Gasteiger partial charge on any atom is -0.461 e. The summed E-state index contributed by atoms with van der Waals surface area (Å²) < 4.78 is 11.8. The molecule has 3 aromatic rings. The van der Waals surface area contributed by atoms with Gasteiger partial charge in [0, 0.05) is 0 Å². The number of nitrogens with one attached hydrogen (secondary N) is 1. The molecule has 0 aromatic carbocycles. The Morgan fingerprint density at radius 2 is 2.33 bits per heavy atom. The van der Waals surface area contributed by atoms with Gasteiger partial charge in [-0.25, -0.2) is 5.10 Å². The molecule has 0 atom stereocenters. The van der Waals surface area contributed by atoms with E-state index in [1.54, 1.807) is 12.1 Å². The SMILES string of the molecule is O=[N+]([O-])c1ccc(/C=N\n2c(-c3ccco3)n[nH]c2=S)o1. The summed E-state index contributed by atoms with van der Waals surface area (Å²) >= 11 is 5.06. The van der Waals surface area contributed by atoms with Crippen molar-refractivity contribution in [2.45, 2.75) is 0 Å². The van der Waals surface area contributed by atoms with Gasteiger partial charge < -0.3 is 8.83 Å². The van der Waals surface area contributed by atoms with Crippen LogP contribution in [0.15, 0.2) is 44.5 Å². The molecule has 0 aliphatic heterocycles. The predicted molar refractivity (Wildman–Crippen MR) is 73.5 cm³/mol. The number of H-pyrrole nitrogens is 1. The molecule has 0 fully saturated rings. The first-order valence-corrected chi connectivity index (χ1v) is 6.06. The van der Waals surface area contributed by atoms with Crippen LogP contribution < -0.4 is 0 Å². The third-order valence-corrected chi connectivity index (χ3v) is 2.75. The van der Waals surface area contributed by atoms with Gasteiger partial charge in [0.25, 0.3) is 0 Å². The van der Waals surface area contributed by atoms with Crippen LogP contribution in [-0.4, -0.2) is 26.0 Å². The number of rotatable bonds is 4. The maximum absolute atomic E-state index is 10.5. The van der Waals surface area contributed by atoms with Crippen molar-refractivity contribution in [2.75, 3.05) is 0 Å². The van der Waals surface area contributed by atoms with Crippen LogP contribution in [0.25, 0.3) is 11.6 Å². The summed E-state index contributed by atoms with van der Waals surface area (Å²) in [5.41, 5.74) is 0. The zero-order valence-electron chi connectivity index (χ0n) is 10.3. The normalized spacial score (nSPS) is 11.2. The Hall–Kier alpha value is -3.01. The maximum Gasteiger partial charge on any atom is 0.433 e. The Balaban J connectivity index is 1.94. The van der Waals surface area contributed by atoms with E-state index in [9.17, 15) is 10.1 Å². The molecule has 9 nitrogen and oxygen atoms in total. The van der Waals surface area contributed by atoms with E-state index in [-0.39, 0.29) is 16.4 Å². The molecule has 0 radical (unpaired) electrons. The molecule has 0 amide bonds. The number of aromatic amines is 1. The molecule has 0 saturated carbocycles. The van der Waals surface area contributed by atoms with E-state index in [0.717, 1.165) is 0 Å². The van der Waals surface area contributed by atoms with Gasteiger partial charge in [0.15, 0.2) is 11.5 Å². The van der Waals surface area contributed by atoms with Gasteiger partial charge in [-0.2, -0.15) is 9.78 Å². The van der Waals surface area contributed by atoms with E-state index in [0.29, 0.717) is 11.6 Å². The van der Waals surface area contributed by atoms with Crippen LogP contribution in [-0.2, 0) is 0 Å². The van der Waals surface area contributed by atoms with Gasteiger partial charge in [-0.15, -0.1) is 5.10 Å². The van der Waals surface area contributed by atoms with Crippen LogP contribution in [0, 0.1) is 14.9 Å². The fraction of sp³-hybridized carbons (Fsp3) is 0. The molecule has 0 aliphatic rings. The second-order valence-corrected chi connectivity index (χ2v) is 4.21. The van der Waals surface area contributed by atoms with E-state index in [4.69, 9.17) is 21.1 Å². The Morgan fingerprint density at radius 3 is 3.00 bits per heavy atom. The highest BCUT2D eigenvalue weighted by Crippen LogP contribution is 2.18. The molecular weight excluding hydrogens is 298 g/mol. The molecule has 3 heterocycles. The number of nitro groups is 1. The topological polar surface area (TPSA) is 115 Å². The van der Waals surface area contributed by atoms with Gasteiger partial charge in [-0.05, 0) is 30.4 Å². The number of hydrogen-bond acceptors (Lipinski definition) is 7. The molecule has 0 saturated heterocycles. The van der Waals surface area contributed by atoms with E-state index in [1.165, 1.54) is 29.3 Å². The van der Waals surface area contributed by atoms with Crippen LogP contribution in [0.2, 0.25) is 0 Å². The Bertz CT molecular complexity index is 857. The average Bonchev–Trinajstić information content (AvgIpc) is 3.17. The highest BCUT2D eigenvalue weighted by atomic mass is 32.1. The van der Waals surface area contributed by atoms with Crippen molar-refractivity contribution in [3.8, 4) is 11.6 Å². The first-order chi connectivity index (χ1) is 10.1. The fourth-order valence-electron chi connectivity index (χ4n) is 1.59. The van der Waals surface area contributed by atoms with Gasteiger partial charge >= 0.3 is 5.88 Å². The van der Waals surface area contributed by atoms with Gasteiger partial charge in [0.2, 0.25) is 10.6 Å². The molecule has 106 valence electrons. The molecule has 0 unspecified atom stereocenters. The highest BCUT2D eigenvalue weighted by Gasteiger charge is 2.12. The molecule has 0 spiro atoms. The fourth-order valence-corrected chi connectivity index (χ4v) is 1.77. The number of hydrogen-bond donors (Lipinski definition) is 1. The third-order valence-electron chi connectivity index (χ3n) is 2.48. The van der Waals surface area contributed by atoms with Crippen molar-refractivity contribution in [3.63, 3.8) is 0 Å². The summed E-state index contributed by atoms with van der Waals surface area (Å²) in [6, 6.07) is 6.08. The number of nitrogens with zero attached hydrogens (tertiary/aromatic N) is 4. The van der Waals surface area contributed by atoms with Crippen molar-refractivity contribution >= 4 is 24.3 Å². The molecule has 21 heavy (non-hydrogen) atoms. The molecule has 3 rings (SSSR count). The van der Waals surface area contributed by atoms with E-state index in [2.05, 4.69) is 15.3 Å². The zero-order chi connectivity index (χ0) is 14.8. The summed E-state index contributed by atoms with van der Waals surface area (Å²) in [6.45, 7) is 0. The van der Waals surface area contributed by atoms with Crippen molar-refractivity contribution in [1.82, 2.24) is 14.9 Å². The van der Waals surface area contributed by atoms with Crippen molar-refractivity contribution < 1.29 is 13.8 Å². The Labute approximate surface area is 121 Å². The predicted octanol–water partition coefficient (Wildman–Crippen LogP) is 2.58. The molecule has 10 heteroatoms. The monoisotopic (exact) mass is 305 g/mol. The van der Waals surface area contributed by atoms with Crippen molar-refractivity contribution in [3.05, 3.63) is 51.2 Å². The van der Waals surface area contributed by atoms with Gasteiger partial charge in [-0.1, -0.05) is 0 Å². The summed E-state index contributed by atoms with van der Waals surface area (Å²) in [4.78, 5) is 9.90. The lowest BCUT2D eigenvalue weighted by Crippen LogP contribution is -1.93. The summed E-state index contributed by atoms with van der Waals surface area (Å²) in [6.07, 6.45) is 2.79. The van der Waals surface area contributed by atoms with E-state index >= 15 is 0 Å². The Morgan fingerprint density at radius 1 is 1.48 bits per heavy atom. The average molecular weight is 305 g/mol. The van der Waals surface area contributed by atoms with Gasteiger partial charge in [-0.3, -0.25) is 10.1 Å². The van der Waals surface area contributed by atoms with Gasteiger partial charge in [0.05, 0.1) is 18.5 Å². The molecule has 1 N–H and O–H groups in total. The molecular formula is C11H7N5O4S. The lowest BCUT2D eigenvalue weighted by atomic mass is 10.4. The number of furan rings is 2. The lowest BCUT2D eigenvalue weighted by molar-refractivity contribution is -0.402. The molecule has 3 aromatic heterocycles. The van der Waals surface area contributed by atoms with Crippen LogP contribution in [0.1, 0.15) is 5.76 Å². The maximum atomic E-state index is 10.5. The minimum atomic E-state index is -0.630. The summed E-state index contributed by atoms with van der Waals surface area (Å²) in [5, 5.41) is 21.2. The molecule has 0 bridgehead atoms. The second kappa shape index (κ2) is 5.17. The van der Waals surface area contributed by atoms with E-state index < -0.39 is 4.92 Å². The summed E-state index contributed by atoms with van der Waals surface area (Å²) in [5.74, 6) is 0.709. The second-order valence-electron chi connectivity index (χ2n) is 3.82. The van der Waals surface area contributed by atoms with Crippen LogP contribution >= 0.6 is 12.2 Å². The lowest BCUT2D eigenvalue weighted by Gasteiger charge is -1.95. The van der Waals surface area contributed by atoms with Crippen LogP contribution in [0.3, 0.4) is 0 Å². The molecule has 0 aliphatic carbocycles. The quantitative estimate of drug-likeness (QED) is 0.343. The van der Waals surface area contributed by atoms with Crippen LogP contribution in [0.5, 0.6) is 0 Å². The Kier molecular flexibility index (Phi) is 3.20. The zero-order valence-corrected chi connectivity index (χ0v) is 11.1. The standard InChI is InChI=1S/C11H7N5O4S/c17-16(18)9-4-3-7(20-9)6-12-15-10(13-14-11(15)21)8-2-1-5-19-8/h1-6H,(H,14,21)/b12-6-. The first kappa shape index (κ1) is 13.0. The third kappa shape index (κ3) is 2.51. The van der Waals surface area contributed by atoms with Crippen molar-refractivity contribution in [1.29, 1.82) is 0 Å². The van der Waals surface area contributed by atoms with Gasteiger partial charge in [0.1, 0.15) is 4.92 Å². The first-order valence-electron chi connectivity index (χ1n) is 5.65. The highest BCUT2D eigenvalue weighted by molar-refractivity contribution is 7.71. The minimum absolute atomic E-state index is 0.218. The van der Waals surface area contributed by atoms with Crippen molar-refractivity contribution in [2.24, 2.45) is 5.10 Å². The summed E-state index contributed by atoms with van der Waals surface area (Å²) in [7, 11) is 0.